The number of benzene rings is 3. The number of nitrogens with one attached hydrogen (secondary N) is 1. The SMILES string of the molecule is CC1(C)CCN2CCC(C)(C)c3c2c1cc1c(-c2ccc(Br)cc2)c(C2=CSc4ccccc4N2)c(=O)oc31. The van der Waals surface area contributed by atoms with E-state index < -0.39 is 0 Å². The smallest absolute Gasteiger partial charge is 0.346 e. The van der Waals surface area contributed by atoms with Gasteiger partial charge >= 0.3 is 5.63 Å². The van der Waals surface area contributed by atoms with Crippen LogP contribution in [0.15, 0.2) is 78.6 Å². The molecule has 0 fully saturated rings. The zero-order chi connectivity index (χ0) is 27.1. The van der Waals surface area contributed by atoms with Gasteiger partial charge < -0.3 is 14.6 Å². The summed E-state index contributed by atoms with van der Waals surface area (Å²) < 4.78 is 7.42. The lowest BCUT2D eigenvalue weighted by Gasteiger charge is -2.48. The Labute approximate surface area is 241 Å². The van der Waals surface area contributed by atoms with Gasteiger partial charge in [-0.15, -0.1) is 0 Å². The van der Waals surface area contributed by atoms with Crippen molar-refractivity contribution in [1.82, 2.24) is 0 Å². The molecule has 198 valence electrons. The monoisotopic (exact) mass is 598 g/mol. The topological polar surface area (TPSA) is 45.5 Å². The van der Waals surface area contributed by atoms with E-state index in [2.05, 4.69) is 84.2 Å². The molecule has 3 aromatic carbocycles. The van der Waals surface area contributed by atoms with Crippen LogP contribution in [0.4, 0.5) is 11.4 Å². The van der Waals surface area contributed by atoms with Gasteiger partial charge in [0.15, 0.2) is 0 Å². The Hall–Kier alpha value is -2.96. The summed E-state index contributed by atoms with van der Waals surface area (Å²) in [4.78, 5) is 17.8. The molecule has 6 heteroatoms. The van der Waals surface area contributed by atoms with Crippen LogP contribution in [-0.2, 0) is 10.8 Å². The molecule has 0 spiro atoms. The van der Waals surface area contributed by atoms with E-state index in [4.69, 9.17) is 4.42 Å². The van der Waals surface area contributed by atoms with Crippen molar-refractivity contribution in [1.29, 1.82) is 0 Å². The maximum atomic E-state index is 14.1. The zero-order valence-electron chi connectivity index (χ0n) is 22.7. The Morgan fingerprint density at radius 3 is 2.44 bits per heavy atom. The van der Waals surface area contributed by atoms with Crippen LogP contribution in [0.1, 0.15) is 57.2 Å². The Kier molecular flexibility index (Phi) is 5.63. The number of rotatable bonds is 2. The van der Waals surface area contributed by atoms with Gasteiger partial charge in [0.05, 0.1) is 16.9 Å². The average molecular weight is 600 g/mol. The normalized spacial score (nSPS) is 18.7. The summed E-state index contributed by atoms with van der Waals surface area (Å²) in [6.45, 7) is 11.4. The minimum absolute atomic E-state index is 0.0205. The van der Waals surface area contributed by atoms with Gasteiger partial charge in [0.25, 0.3) is 0 Å². The van der Waals surface area contributed by atoms with Gasteiger partial charge in [0, 0.05) is 50.1 Å². The predicted octanol–water partition coefficient (Wildman–Crippen LogP) is 8.91. The van der Waals surface area contributed by atoms with Crippen LogP contribution in [0.5, 0.6) is 0 Å². The molecule has 0 saturated carbocycles. The molecule has 7 rings (SSSR count). The molecule has 0 radical (unpaired) electrons. The molecular weight excluding hydrogens is 568 g/mol. The van der Waals surface area contributed by atoms with E-state index in [1.54, 1.807) is 11.8 Å². The third-order valence-electron chi connectivity index (χ3n) is 8.77. The minimum Gasteiger partial charge on any atom is -0.422 e. The van der Waals surface area contributed by atoms with Gasteiger partial charge in [-0.05, 0) is 65.1 Å². The van der Waals surface area contributed by atoms with E-state index in [9.17, 15) is 4.79 Å². The Morgan fingerprint density at radius 1 is 0.949 bits per heavy atom. The van der Waals surface area contributed by atoms with Crippen LogP contribution in [-0.4, -0.2) is 13.1 Å². The van der Waals surface area contributed by atoms with Crippen molar-refractivity contribution >= 4 is 55.7 Å². The summed E-state index contributed by atoms with van der Waals surface area (Å²) in [5, 5.41) is 6.60. The number of para-hydroxylation sites is 1. The summed E-state index contributed by atoms with van der Waals surface area (Å²) in [6, 6.07) is 18.8. The van der Waals surface area contributed by atoms with E-state index in [1.807, 2.05) is 29.7 Å². The summed E-state index contributed by atoms with van der Waals surface area (Å²) in [6.07, 6.45) is 2.13. The van der Waals surface area contributed by atoms with Gasteiger partial charge in [0.1, 0.15) is 5.58 Å². The molecule has 39 heavy (non-hydrogen) atoms. The first-order valence-corrected chi connectivity index (χ1v) is 15.2. The molecule has 1 aromatic heterocycles. The van der Waals surface area contributed by atoms with Gasteiger partial charge in [0.2, 0.25) is 0 Å². The summed E-state index contributed by atoms with van der Waals surface area (Å²) in [7, 11) is 0. The van der Waals surface area contributed by atoms with E-state index in [0.29, 0.717) is 5.56 Å². The lowest BCUT2D eigenvalue weighted by molar-refractivity contribution is 0.398. The summed E-state index contributed by atoms with van der Waals surface area (Å²) >= 11 is 5.23. The number of thioether (sulfide) groups is 1. The van der Waals surface area contributed by atoms with Crippen molar-refractivity contribution < 1.29 is 4.42 Å². The molecule has 0 aliphatic carbocycles. The summed E-state index contributed by atoms with van der Waals surface area (Å²) in [5.74, 6) is 0. The molecule has 0 saturated heterocycles. The number of nitrogens with zero attached hydrogens (tertiary/aromatic N) is 1. The molecule has 4 aromatic rings. The first-order valence-electron chi connectivity index (χ1n) is 13.6. The lowest BCUT2D eigenvalue weighted by Crippen LogP contribution is -2.44. The number of fused-ring (bicyclic) bond motifs is 3. The largest absolute Gasteiger partial charge is 0.422 e. The van der Waals surface area contributed by atoms with E-state index in [0.717, 1.165) is 68.8 Å². The Bertz CT molecular complexity index is 1750. The second-order valence-corrected chi connectivity index (χ2v) is 14.0. The standard InChI is InChI=1S/C33H31BrN2O2S/c1-32(2)13-15-36-16-14-33(3,4)28-29(36)22(32)17-21-26(19-9-11-20(34)12-10-19)27(31(37)38-30(21)28)24-18-39-25-8-6-5-7-23(25)35-24/h5-12,17-18,35H,13-16H2,1-4H3. The highest BCUT2D eigenvalue weighted by atomic mass is 79.9. The van der Waals surface area contributed by atoms with Crippen LogP contribution in [0.25, 0.3) is 27.8 Å². The highest BCUT2D eigenvalue weighted by Gasteiger charge is 2.42. The minimum atomic E-state index is -0.307. The van der Waals surface area contributed by atoms with Crippen molar-refractivity contribution in [2.24, 2.45) is 0 Å². The van der Waals surface area contributed by atoms with E-state index in [1.165, 1.54) is 16.8 Å². The van der Waals surface area contributed by atoms with Crippen molar-refractivity contribution in [2.45, 2.75) is 56.3 Å². The van der Waals surface area contributed by atoms with Crippen molar-refractivity contribution in [2.75, 3.05) is 23.3 Å². The third-order valence-corrected chi connectivity index (χ3v) is 10.3. The maximum Gasteiger partial charge on any atom is 0.346 e. The molecule has 0 amide bonds. The second-order valence-electron chi connectivity index (χ2n) is 12.2. The Balaban J connectivity index is 1.60. The first-order chi connectivity index (χ1) is 18.6. The van der Waals surface area contributed by atoms with Gasteiger partial charge in [-0.2, -0.15) is 0 Å². The average Bonchev–Trinajstić information content (AvgIpc) is 2.91. The lowest BCUT2D eigenvalue weighted by atomic mass is 9.68. The number of halogens is 1. The number of hydrogen-bond acceptors (Lipinski definition) is 5. The van der Waals surface area contributed by atoms with Crippen molar-refractivity contribution in [3.63, 3.8) is 0 Å². The molecule has 1 N–H and O–H groups in total. The fourth-order valence-corrected chi connectivity index (χ4v) is 7.56. The highest BCUT2D eigenvalue weighted by molar-refractivity contribution is 9.10. The van der Waals surface area contributed by atoms with Gasteiger partial charge in [-0.3, -0.25) is 0 Å². The first kappa shape index (κ1) is 25.0. The molecule has 4 heterocycles. The van der Waals surface area contributed by atoms with Crippen LogP contribution in [0.2, 0.25) is 0 Å². The quantitative estimate of drug-likeness (QED) is 0.233. The third kappa shape index (κ3) is 3.90. The molecule has 0 atom stereocenters. The van der Waals surface area contributed by atoms with Crippen LogP contribution in [0.3, 0.4) is 0 Å². The van der Waals surface area contributed by atoms with Crippen molar-refractivity contribution in [3.8, 4) is 11.1 Å². The second kappa shape index (κ2) is 8.77. The van der Waals surface area contributed by atoms with Gasteiger partial charge in [-0.1, -0.05) is 79.7 Å². The van der Waals surface area contributed by atoms with Crippen molar-refractivity contribution in [3.05, 3.63) is 91.6 Å². The molecular formula is C33H31BrN2O2S. The van der Waals surface area contributed by atoms with Crippen LogP contribution >= 0.6 is 27.7 Å². The van der Waals surface area contributed by atoms with Crippen LogP contribution < -0.4 is 15.8 Å². The Morgan fingerprint density at radius 2 is 1.67 bits per heavy atom. The predicted molar refractivity (Wildman–Crippen MR) is 167 cm³/mol. The fraction of sp³-hybridized carbons (Fsp3) is 0.303. The molecule has 3 aliphatic rings. The number of anilines is 2. The highest BCUT2D eigenvalue weighted by Crippen LogP contribution is 2.53. The zero-order valence-corrected chi connectivity index (χ0v) is 25.1. The van der Waals surface area contributed by atoms with Gasteiger partial charge in [-0.25, -0.2) is 4.79 Å². The molecule has 4 nitrogen and oxygen atoms in total. The fourth-order valence-electron chi connectivity index (χ4n) is 6.48. The maximum absolute atomic E-state index is 14.1. The molecule has 0 unspecified atom stereocenters. The van der Waals surface area contributed by atoms with E-state index >= 15 is 0 Å². The number of hydrogen-bond donors (Lipinski definition) is 1. The summed E-state index contributed by atoms with van der Waals surface area (Å²) in [5.41, 5.74) is 8.45. The molecule has 3 aliphatic heterocycles. The molecule has 0 bridgehead atoms. The van der Waals surface area contributed by atoms with E-state index in [-0.39, 0.29) is 16.5 Å². The van der Waals surface area contributed by atoms with Crippen LogP contribution in [0, 0.1) is 0 Å².